The van der Waals surface area contributed by atoms with Crippen molar-refractivity contribution in [3.8, 4) is 6.07 Å². The topological polar surface area (TPSA) is 40.9 Å². The molecule has 0 unspecified atom stereocenters. The van der Waals surface area contributed by atoms with Crippen molar-refractivity contribution >= 4 is 34.6 Å². The predicted molar refractivity (Wildman–Crippen MR) is 82.5 cm³/mol. The van der Waals surface area contributed by atoms with Gasteiger partial charge in [0.1, 0.15) is 0 Å². The van der Waals surface area contributed by atoms with Gasteiger partial charge < -0.3 is 0 Å². The Morgan fingerprint density at radius 1 is 1.10 bits per heavy atom. The lowest BCUT2D eigenvalue weighted by Gasteiger charge is -1.97. The molecule has 0 bridgehead atoms. The highest BCUT2D eigenvalue weighted by Gasteiger charge is 2.00. The summed E-state index contributed by atoms with van der Waals surface area (Å²) in [6.45, 7) is 0. The molecule has 0 saturated carbocycles. The second-order valence-corrected chi connectivity index (χ2v) is 5.46. The standard InChI is InChI=1S/C16H10ClNOS/c17-14-6-8-15(9-7-14)20-16(19)10-5-12-1-3-13(11-18)4-2-12/h1-10H. The zero-order valence-corrected chi connectivity index (χ0v) is 12.0. The molecule has 0 aliphatic rings. The molecule has 2 nitrogen and oxygen atoms in total. The van der Waals surface area contributed by atoms with Gasteiger partial charge in [-0.05, 0) is 59.8 Å². The second kappa shape index (κ2) is 6.95. The first kappa shape index (κ1) is 14.4. The van der Waals surface area contributed by atoms with Gasteiger partial charge in [0.15, 0.2) is 0 Å². The van der Waals surface area contributed by atoms with Gasteiger partial charge in [-0.15, -0.1) is 0 Å². The summed E-state index contributed by atoms with van der Waals surface area (Å²) < 4.78 is 0. The number of carbonyl (C=O) groups is 1. The van der Waals surface area contributed by atoms with Crippen molar-refractivity contribution in [1.29, 1.82) is 5.26 Å². The molecule has 0 aliphatic carbocycles. The molecule has 0 aliphatic heterocycles. The average molecular weight is 300 g/mol. The number of hydrogen-bond donors (Lipinski definition) is 0. The minimum atomic E-state index is -0.0586. The first-order chi connectivity index (χ1) is 9.67. The van der Waals surface area contributed by atoms with E-state index in [1.807, 2.05) is 0 Å². The van der Waals surface area contributed by atoms with Crippen LogP contribution in [0.2, 0.25) is 5.02 Å². The van der Waals surface area contributed by atoms with Gasteiger partial charge in [0.2, 0.25) is 5.12 Å². The van der Waals surface area contributed by atoms with Crippen LogP contribution in [0.15, 0.2) is 59.5 Å². The predicted octanol–water partition coefficient (Wildman–Crippen LogP) is 4.54. The van der Waals surface area contributed by atoms with E-state index in [2.05, 4.69) is 6.07 Å². The van der Waals surface area contributed by atoms with Crippen molar-refractivity contribution in [3.63, 3.8) is 0 Å². The Hall–Kier alpha value is -2.02. The second-order valence-electron chi connectivity index (χ2n) is 3.94. The first-order valence-corrected chi connectivity index (χ1v) is 7.02. The number of rotatable bonds is 3. The first-order valence-electron chi connectivity index (χ1n) is 5.83. The Balaban J connectivity index is 1.98. The van der Waals surface area contributed by atoms with Gasteiger partial charge in [0, 0.05) is 9.92 Å². The molecule has 0 aromatic heterocycles. The van der Waals surface area contributed by atoms with E-state index in [4.69, 9.17) is 16.9 Å². The van der Waals surface area contributed by atoms with Crippen LogP contribution in [0.1, 0.15) is 11.1 Å². The lowest BCUT2D eigenvalue weighted by Crippen LogP contribution is -1.84. The molecule has 0 amide bonds. The minimum Gasteiger partial charge on any atom is -0.282 e. The van der Waals surface area contributed by atoms with E-state index in [-0.39, 0.29) is 5.12 Å². The van der Waals surface area contributed by atoms with Crippen LogP contribution in [0.4, 0.5) is 0 Å². The molecule has 2 aromatic rings. The van der Waals surface area contributed by atoms with E-state index in [1.54, 1.807) is 54.6 Å². The SMILES string of the molecule is N#Cc1ccc(C=CC(=O)Sc2ccc(Cl)cc2)cc1. The summed E-state index contributed by atoms with van der Waals surface area (Å²) in [7, 11) is 0. The van der Waals surface area contributed by atoms with Crippen molar-refractivity contribution in [2.24, 2.45) is 0 Å². The van der Waals surface area contributed by atoms with Crippen molar-refractivity contribution in [2.75, 3.05) is 0 Å². The number of nitriles is 1. The summed E-state index contributed by atoms with van der Waals surface area (Å²) in [4.78, 5) is 12.6. The van der Waals surface area contributed by atoms with Crippen LogP contribution in [0.5, 0.6) is 0 Å². The van der Waals surface area contributed by atoms with Crippen LogP contribution in [0, 0.1) is 11.3 Å². The average Bonchev–Trinajstić information content (AvgIpc) is 2.48. The maximum Gasteiger partial charge on any atom is 0.216 e. The van der Waals surface area contributed by atoms with Crippen LogP contribution in [-0.2, 0) is 4.79 Å². The fraction of sp³-hybridized carbons (Fsp3) is 0. The van der Waals surface area contributed by atoms with Gasteiger partial charge in [-0.2, -0.15) is 5.26 Å². The summed E-state index contributed by atoms with van der Waals surface area (Å²) in [5.41, 5.74) is 1.48. The molecule has 0 saturated heterocycles. The Morgan fingerprint density at radius 2 is 1.75 bits per heavy atom. The van der Waals surface area contributed by atoms with Gasteiger partial charge in [0.25, 0.3) is 0 Å². The molecule has 0 fully saturated rings. The van der Waals surface area contributed by atoms with Gasteiger partial charge >= 0.3 is 0 Å². The fourth-order valence-electron chi connectivity index (χ4n) is 1.49. The molecule has 4 heteroatoms. The summed E-state index contributed by atoms with van der Waals surface area (Å²) in [5.74, 6) is 0. The summed E-state index contributed by atoms with van der Waals surface area (Å²) in [6.07, 6.45) is 3.24. The normalized spacial score (nSPS) is 10.4. The molecule has 0 atom stereocenters. The molecular weight excluding hydrogens is 290 g/mol. The van der Waals surface area contributed by atoms with E-state index >= 15 is 0 Å². The van der Waals surface area contributed by atoms with Crippen LogP contribution >= 0.6 is 23.4 Å². The molecule has 2 rings (SSSR count). The van der Waals surface area contributed by atoms with Gasteiger partial charge in [-0.1, -0.05) is 29.8 Å². The van der Waals surface area contributed by atoms with Crippen molar-refractivity contribution in [1.82, 2.24) is 0 Å². The monoisotopic (exact) mass is 299 g/mol. The van der Waals surface area contributed by atoms with E-state index in [0.717, 1.165) is 22.2 Å². The number of nitrogens with zero attached hydrogens (tertiary/aromatic N) is 1. The van der Waals surface area contributed by atoms with Gasteiger partial charge in [0.05, 0.1) is 11.6 Å². The van der Waals surface area contributed by atoms with Crippen LogP contribution in [0.3, 0.4) is 0 Å². The quantitative estimate of drug-likeness (QED) is 0.617. The minimum absolute atomic E-state index is 0.0586. The molecule has 2 aromatic carbocycles. The van der Waals surface area contributed by atoms with E-state index < -0.39 is 0 Å². The van der Waals surface area contributed by atoms with Crippen LogP contribution in [-0.4, -0.2) is 5.12 Å². The molecule has 0 radical (unpaired) electrons. The van der Waals surface area contributed by atoms with Gasteiger partial charge in [-0.25, -0.2) is 0 Å². The fourth-order valence-corrected chi connectivity index (χ4v) is 2.25. The van der Waals surface area contributed by atoms with Crippen molar-refractivity contribution in [2.45, 2.75) is 4.90 Å². The maximum atomic E-state index is 11.8. The van der Waals surface area contributed by atoms with Gasteiger partial charge in [-0.3, -0.25) is 4.79 Å². The molecule has 0 N–H and O–H groups in total. The maximum absolute atomic E-state index is 11.8. The number of halogens is 1. The zero-order valence-electron chi connectivity index (χ0n) is 10.4. The third kappa shape index (κ3) is 4.27. The van der Waals surface area contributed by atoms with Crippen molar-refractivity contribution < 1.29 is 4.79 Å². The van der Waals surface area contributed by atoms with E-state index in [1.165, 1.54) is 6.08 Å². The Morgan fingerprint density at radius 3 is 2.35 bits per heavy atom. The van der Waals surface area contributed by atoms with E-state index in [0.29, 0.717) is 10.6 Å². The van der Waals surface area contributed by atoms with Crippen LogP contribution in [0.25, 0.3) is 6.08 Å². The Bertz CT molecular complexity index is 669. The largest absolute Gasteiger partial charge is 0.282 e. The Labute approximate surface area is 126 Å². The Kier molecular flexibility index (Phi) is 5.00. The third-order valence-corrected chi connectivity index (χ3v) is 3.58. The van der Waals surface area contributed by atoms with E-state index in [9.17, 15) is 4.79 Å². The summed E-state index contributed by atoms with van der Waals surface area (Å²) >= 11 is 6.93. The molecular formula is C16H10ClNOS. The van der Waals surface area contributed by atoms with Crippen LogP contribution < -0.4 is 0 Å². The zero-order chi connectivity index (χ0) is 14.4. The smallest absolute Gasteiger partial charge is 0.216 e. The highest BCUT2D eigenvalue weighted by Crippen LogP contribution is 2.21. The summed E-state index contributed by atoms with van der Waals surface area (Å²) in [5, 5.41) is 9.28. The molecule has 20 heavy (non-hydrogen) atoms. The number of hydrogen-bond acceptors (Lipinski definition) is 3. The lowest BCUT2D eigenvalue weighted by atomic mass is 10.1. The molecule has 0 heterocycles. The lowest BCUT2D eigenvalue weighted by molar-refractivity contribution is -0.106. The highest BCUT2D eigenvalue weighted by molar-refractivity contribution is 8.14. The highest BCUT2D eigenvalue weighted by atomic mass is 35.5. The van der Waals surface area contributed by atoms with Crippen molar-refractivity contribution in [3.05, 3.63) is 70.8 Å². The third-order valence-electron chi connectivity index (χ3n) is 2.48. The number of thioether (sulfide) groups is 1. The summed E-state index contributed by atoms with van der Waals surface area (Å²) in [6, 6.07) is 16.2. The number of carbonyl (C=O) groups excluding carboxylic acids is 1. The molecule has 0 spiro atoms. The molecule has 98 valence electrons. The number of benzene rings is 2.